The van der Waals surface area contributed by atoms with Crippen LogP contribution in [0.1, 0.15) is 36.4 Å². The fourth-order valence-electron chi connectivity index (χ4n) is 3.26. The zero-order chi connectivity index (χ0) is 19.4. The number of aliphatic hydroxyl groups excluding tert-OH is 1. The number of ether oxygens (including phenoxy) is 1. The van der Waals surface area contributed by atoms with Gasteiger partial charge in [0, 0.05) is 39.3 Å². The van der Waals surface area contributed by atoms with Crippen LogP contribution in [0.5, 0.6) is 5.75 Å². The number of hydrogen-bond acceptors (Lipinski definition) is 5. The Morgan fingerprint density at radius 3 is 2.85 bits per heavy atom. The van der Waals surface area contributed by atoms with Crippen molar-refractivity contribution >= 4 is 5.91 Å². The van der Waals surface area contributed by atoms with Crippen molar-refractivity contribution in [3.8, 4) is 5.75 Å². The van der Waals surface area contributed by atoms with Crippen molar-refractivity contribution < 1.29 is 14.6 Å². The lowest BCUT2D eigenvalue weighted by molar-refractivity contribution is -0.130. The molecule has 0 fully saturated rings. The molecule has 1 atom stereocenters. The van der Waals surface area contributed by atoms with Gasteiger partial charge in [0.05, 0.1) is 31.0 Å². The molecule has 1 amide bonds. The molecule has 2 aromatic rings. The van der Waals surface area contributed by atoms with Crippen LogP contribution in [0.25, 0.3) is 0 Å². The van der Waals surface area contributed by atoms with Gasteiger partial charge in [0.25, 0.3) is 0 Å². The van der Waals surface area contributed by atoms with Crippen LogP contribution in [-0.4, -0.2) is 57.8 Å². The summed E-state index contributed by atoms with van der Waals surface area (Å²) in [5, 5.41) is 14.8. The highest BCUT2D eigenvalue weighted by molar-refractivity contribution is 5.76. The third-order valence-electron chi connectivity index (χ3n) is 4.77. The molecule has 27 heavy (non-hydrogen) atoms. The minimum atomic E-state index is -0.870. The second-order valence-corrected chi connectivity index (χ2v) is 7.04. The van der Waals surface area contributed by atoms with Gasteiger partial charge in [-0.15, -0.1) is 0 Å². The van der Waals surface area contributed by atoms with Crippen molar-refractivity contribution in [1.82, 2.24) is 19.6 Å². The smallest absolute Gasteiger partial charge is 0.225 e. The highest BCUT2D eigenvalue weighted by Crippen LogP contribution is 2.24. The summed E-state index contributed by atoms with van der Waals surface area (Å²) in [6, 6.07) is 10.0. The number of hydrogen-bond donors (Lipinski definition) is 1. The number of para-hydroxylation sites is 1. The van der Waals surface area contributed by atoms with E-state index >= 15 is 0 Å². The van der Waals surface area contributed by atoms with Gasteiger partial charge in [-0.25, -0.2) is 0 Å². The lowest BCUT2D eigenvalue weighted by atomic mass is 10.1. The number of rotatable bonds is 7. The number of nitrogens with zero attached hydrogens (tertiary/aromatic N) is 4. The predicted molar refractivity (Wildman–Crippen MR) is 102 cm³/mol. The van der Waals surface area contributed by atoms with Crippen molar-refractivity contribution in [3.63, 3.8) is 0 Å². The molecule has 0 bridgehead atoms. The first-order valence-corrected chi connectivity index (χ1v) is 9.35. The van der Waals surface area contributed by atoms with E-state index < -0.39 is 6.10 Å². The summed E-state index contributed by atoms with van der Waals surface area (Å²) in [5.74, 6) is 0.819. The molecule has 0 saturated carbocycles. The Morgan fingerprint density at radius 2 is 2.11 bits per heavy atom. The van der Waals surface area contributed by atoms with Gasteiger partial charge < -0.3 is 14.7 Å². The van der Waals surface area contributed by atoms with Crippen molar-refractivity contribution in [2.45, 2.75) is 39.1 Å². The second-order valence-electron chi connectivity index (χ2n) is 7.04. The van der Waals surface area contributed by atoms with Gasteiger partial charge in [0.2, 0.25) is 5.91 Å². The van der Waals surface area contributed by atoms with Gasteiger partial charge in [0.1, 0.15) is 11.9 Å². The normalized spacial score (nSPS) is 15.3. The van der Waals surface area contributed by atoms with Crippen LogP contribution < -0.4 is 4.74 Å². The Hall–Kier alpha value is -2.38. The number of aromatic nitrogens is 2. The van der Waals surface area contributed by atoms with Crippen molar-refractivity contribution in [2.75, 3.05) is 27.2 Å². The highest BCUT2D eigenvalue weighted by Gasteiger charge is 2.23. The van der Waals surface area contributed by atoms with E-state index in [9.17, 15) is 9.90 Å². The van der Waals surface area contributed by atoms with E-state index in [0.717, 1.165) is 37.6 Å². The lowest BCUT2D eigenvalue weighted by Crippen LogP contribution is -2.33. The van der Waals surface area contributed by atoms with Gasteiger partial charge in [-0.05, 0) is 19.1 Å². The van der Waals surface area contributed by atoms with Crippen LogP contribution >= 0.6 is 0 Å². The fraction of sp³-hybridized carbons (Fsp3) is 0.500. The summed E-state index contributed by atoms with van der Waals surface area (Å²) in [6.07, 6.45) is -0.820. The minimum Gasteiger partial charge on any atom is -0.494 e. The molecule has 0 saturated heterocycles. The summed E-state index contributed by atoms with van der Waals surface area (Å²) >= 11 is 0. The molecule has 1 aliphatic heterocycles. The number of fused-ring (bicyclic) bond motifs is 1. The van der Waals surface area contributed by atoms with Gasteiger partial charge in [0.15, 0.2) is 0 Å². The molecule has 146 valence electrons. The zero-order valence-electron chi connectivity index (χ0n) is 16.3. The number of carbonyl (C=O) groups excluding carboxylic acids is 1. The Kier molecular flexibility index (Phi) is 6.13. The maximum Gasteiger partial charge on any atom is 0.225 e. The predicted octanol–water partition coefficient (Wildman–Crippen LogP) is 1.81. The topological polar surface area (TPSA) is 70.8 Å². The van der Waals surface area contributed by atoms with E-state index in [1.807, 2.05) is 35.9 Å². The summed E-state index contributed by atoms with van der Waals surface area (Å²) < 4.78 is 7.66. The van der Waals surface area contributed by atoms with Crippen LogP contribution in [0, 0.1) is 0 Å². The van der Waals surface area contributed by atoms with Crippen molar-refractivity contribution in [1.29, 1.82) is 0 Å². The number of amides is 1. The van der Waals surface area contributed by atoms with Crippen LogP contribution in [0.2, 0.25) is 0 Å². The number of carbonyl (C=O) groups is 1. The fourth-order valence-corrected chi connectivity index (χ4v) is 3.26. The van der Waals surface area contributed by atoms with E-state index in [-0.39, 0.29) is 12.3 Å². The van der Waals surface area contributed by atoms with E-state index in [2.05, 4.69) is 16.1 Å². The third-order valence-corrected chi connectivity index (χ3v) is 4.77. The summed E-state index contributed by atoms with van der Waals surface area (Å²) in [5.41, 5.74) is 2.79. The maximum absolute atomic E-state index is 11.8. The third kappa shape index (κ3) is 4.67. The molecule has 3 rings (SSSR count). The van der Waals surface area contributed by atoms with Crippen molar-refractivity contribution in [2.24, 2.45) is 0 Å². The first-order chi connectivity index (χ1) is 13.0. The number of aliphatic hydroxyl groups is 1. The van der Waals surface area contributed by atoms with E-state index in [0.29, 0.717) is 12.3 Å². The second kappa shape index (κ2) is 8.54. The van der Waals surface area contributed by atoms with Gasteiger partial charge in [-0.3, -0.25) is 14.4 Å². The standard InChI is InChI=1S/C20H28N4O3/c1-4-27-19-8-6-5-7-15(19)13-23-9-10-24-16(14-23)11-17(21-24)18(25)12-20(26)22(2)3/h5-8,11,18,25H,4,9-10,12-14H2,1-3H3/t18-/m1/s1. The Bertz CT molecular complexity index is 787. The molecular formula is C20H28N4O3. The molecule has 0 unspecified atom stereocenters. The Morgan fingerprint density at radius 1 is 1.33 bits per heavy atom. The molecule has 7 heteroatoms. The zero-order valence-corrected chi connectivity index (χ0v) is 16.3. The van der Waals surface area contributed by atoms with E-state index in [1.54, 1.807) is 14.1 Å². The van der Waals surface area contributed by atoms with Gasteiger partial charge in [-0.1, -0.05) is 18.2 Å². The Balaban J connectivity index is 1.67. The largest absolute Gasteiger partial charge is 0.494 e. The molecule has 1 aromatic heterocycles. The summed E-state index contributed by atoms with van der Waals surface area (Å²) in [6.45, 7) is 5.84. The summed E-state index contributed by atoms with van der Waals surface area (Å²) in [7, 11) is 3.37. The van der Waals surface area contributed by atoms with Gasteiger partial charge >= 0.3 is 0 Å². The average Bonchev–Trinajstić information content (AvgIpc) is 3.07. The number of benzene rings is 1. The molecule has 0 radical (unpaired) electrons. The first-order valence-electron chi connectivity index (χ1n) is 9.35. The summed E-state index contributed by atoms with van der Waals surface area (Å²) in [4.78, 5) is 15.6. The van der Waals surface area contributed by atoms with E-state index in [4.69, 9.17) is 4.74 Å². The van der Waals surface area contributed by atoms with Crippen LogP contribution in [0.15, 0.2) is 30.3 Å². The minimum absolute atomic E-state index is 0.0505. The van der Waals surface area contributed by atoms with Crippen LogP contribution in [-0.2, 0) is 24.4 Å². The highest BCUT2D eigenvalue weighted by atomic mass is 16.5. The molecular weight excluding hydrogens is 344 g/mol. The quantitative estimate of drug-likeness (QED) is 0.803. The first kappa shape index (κ1) is 19.4. The van der Waals surface area contributed by atoms with Crippen LogP contribution in [0.3, 0.4) is 0 Å². The monoisotopic (exact) mass is 372 g/mol. The van der Waals surface area contributed by atoms with Gasteiger partial charge in [-0.2, -0.15) is 5.10 Å². The molecule has 7 nitrogen and oxygen atoms in total. The molecule has 1 aliphatic rings. The lowest BCUT2D eigenvalue weighted by Gasteiger charge is -2.28. The molecule has 1 aromatic carbocycles. The molecule has 2 heterocycles. The van der Waals surface area contributed by atoms with Crippen LogP contribution in [0.4, 0.5) is 0 Å². The van der Waals surface area contributed by atoms with Crippen molar-refractivity contribution in [3.05, 3.63) is 47.3 Å². The molecule has 1 N–H and O–H groups in total. The SMILES string of the molecule is CCOc1ccccc1CN1CCn2nc([C@H](O)CC(=O)N(C)C)cc2C1. The maximum atomic E-state index is 11.8. The molecule has 0 aliphatic carbocycles. The Labute approximate surface area is 160 Å². The molecule has 0 spiro atoms. The average molecular weight is 372 g/mol. The van der Waals surface area contributed by atoms with E-state index in [1.165, 1.54) is 10.5 Å².